The Morgan fingerprint density at radius 3 is 2.75 bits per heavy atom. The van der Waals surface area contributed by atoms with Crippen molar-refractivity contribution in [2.24, 2.45) is 0 Å². The number of pyridine rings is 1. The monoisotopic (exact) mass is 161 g/mol. The van der Waals surface area contributed by atoms with Crippen LogP contribution in [0.15, 0.2) is 29.2 Å². The first-order valence-electron chi connectivity index (χ1n) is 3.55. The predicted molar refractivity (Wildman–Crippen MR) is 42.3 cm³/mol. The Balaban J connectivity index is 2.43. The van der Waals surface area contributed by atoms with E-state index in [9.17, 15) is 0 Å². The Kier molecular flexibility index (Phi) is 1.59. The molecule has 2 rings (SSSR count). The second-order valence-electron chi connectivity index (χ2n) is 2.48. The summed E-state index contributed by atoms with van der Waals surface area (Å²) in [6.07, 6.45) is 3.06. The summed E-state index contributed by atoms with van der Waals surface area (Å²) < 4.78 is 4.60. The predicted octanol–water partition coefficient (Wildman–Crippen LogP) is 1.44. The average Bonchev–Trinajstić information content (AvgIpc) is 2.58. The first-order valence-corrected chi connectivity index (χ1v) is 3.55. The maximum atomic E-state index is 4.60. The van der Waals surface area contributed by atoms with Crippen LogP contribution in [0.5, 0.6) is 0 Å². The van der Waals surface area contributed by atoms with Crippen molar-refractivity contribution in [2.75, 3.05) is 0 Å². The summed E-state index contributed by atoms with van der Waals surface area (Å²) in [5.74, 6) is 0.523. The molecular formula is C8H7N3O. The summed E-state index contributed by atoms with van der Waals surface area (Å²) in [5, 5.41) is 3.67. The fourth-order valence-corrected chi connectivity index (χ4v) is 0.884. The van der Waals surface area contributed by atoms with Gasteiger partial charge in [0.1, 0.15) is 5.69 Å². The van der Waals surface area contributed by atoms with Gasteiger partial charge in [-0.05, 0) is 18.6 Å². The summed E-state index contributed by atoms with van der Waals surface area (Å²) >= 11 is 0. The van der Waals surface area contributed by atoms with E-state index in [0.717, 1.165) is 11.3 Å². The normalized spacial score (nSPS) is 10.1. The van der Waals surface area contributed by atoms with Crippen LogP contribution >= 0.6 is 0 Å². The van der Waals surface area contributed by atoms with Crippen LogP contribution in [0.4, 0.5) is 0 Å². The second-order valence-corrected chi connectivity index (χ2v) is 2.48. The lowest BCUT2D eigenvalue weighted by Gasteiger charge is -1.92. The van der Waals surface area contributed by atoms with E-state index in [2.05, 4.69) is 19.6 Å². The summed E-state index contributed by atoms with van der Waals surface area (Å²) in [6.45, 7) is 1.98. The molecule has 4 heteroatoms. The fourth-order valence-electron chi connectivity index (χ4n) is 0.884. The van der Waals surface area contributed by atoms with E-state index in [0.29, 0.717) is 5.82 Å². The first kappa shape index (κ1) is 6.97. The first-order chi connectivity index (χ1) is 5.86. The highest BCUT2D eigenvalue weighted by Crippen LogP contribution is 2.10. The second kappa shape index (κ2) is 2.73. The Hall–Kier alpha value is -1.71. The molecule has 0 spiro atoms. The Morgan fingerprint density at radius 2 is 2.17 bits per heavy atom. The lowest BCUT2D eigenvalue weighted by Crippen LogP contribution is -1.85. The molecule has 2 aromatic heterocycles. The highest BCUT2D eigenvalue weighted by atomic mass is 16.5. The van der Waals surface area contributed by atoms with Gasteiger partial charge in [0.2, 0.25) is 12.2 Å². The Labute approximate surface area is 69.3 Å². The molecule has 0 bridgehead atoms. The van der Waals surface area contributed by atoms with Crippen LogP contribution < -0.4 is 0 Å². The van der Waals surface area contributed by atoms with Crippen molar-refractivity contribution in [3.8, 4) is 11.5 Å². The van der Waals surface area contributed by atoms with Gasteiger partial charge >= 0.3 is 0 Å². The van der Waals surface area contributed by atoms with Crippen LogP contribution in [0.1, 0.15) is 5.56 Å². The molecule has 0 atom stereocenters. The van der Waals surface area contributed by atoms with Gasteiger partial charge in [-0.2, -0.15) is 4.98 Å². The van der Waals surface area contributed by atoms with Crippen LogP contribution in [0, 0.1) is 6.92 Å². The van der Waals surface area contributed by atoms with Crippen LogP contribution in [-0.4, -0.2) is 15.1 Å². The van der Waals surface area contributed by atoms with E-state index in [1.54, 1.807) is 6.20 Å². The zero-order chi connectivity index (χ0) is 8.39. The zero-order valence-electron chi connectivity index (χ0n) is 6.56. The molecule has 0 saturated carbocycles. The minimum atomic E-state index is 0.523. The van der Waals surface area contributed by atoms with Crippen molar-refractivity contribution in [3.63, 3.8) is 0 Å². The topological polar surface area (TPSA) is 51.8 Å². The third-order valence-corrected chi connectivity index (χ3v) is 1.50. The van der Waals surface area contributed by atoms with E-state index in [1.807, 2.05) is 19.1 Å². The molecule has 0 aromatic carbocycles. The van der Waals surface area contributed by atoms with Crippen molar-refractivity contribution in [2.45, 2.75) is 6.92 Å². The van der Waals surface area contributed by atoms with Crippen LogP contribution in [0.25, 0.3) is 11.5 Å². The summed E-state index contributed by atoms with van der Waals surface area (Å²) in [4.78, 5) is 8.01. The molecule has 0 radical (unpaired) electrons. The van der Waals surface area contributed by atoms with Crippen molar-refractivity contribution < 1.29 is 4.52 Å². The van der Waals surface area contributed by atoms with Gasteiger partial charge in [-0.15, -0.1) is 0 Å². The molecule has 12 heavy (non-hydrogen) atoms. The minimum absolute atomic E-state index is 0.523. The smallest absolute Gasteiger partial charge is 0.220 e. The molecule has 0 aliphatic heterocycles. The van der Waals surface area contributed by atoms with E-state index in [4.69, 9.17) is 0 Å². The number of aryl methyl sites for hydroxylation is 1. The van der Waals surface area contributed by atoms with Gasteiger partial charge in [-0.3, -0.25) is 4.98 Å². The van der Waals surface area contributed by atoms with E-state index >= 15 is 0 Å². The van der Waals surface area contributed by atoms with Crippen molar-refractivity contribution >= 4 is 0 Å². The van der Waals surface area contributed by atoms with Gasteiger partial charge in [0.05, 0.1) is 0 Å². The highest BCUT2D eigenvalue weighted by Gasteiger charge is 2.02. The standard InChI is InChI=1S/C8H7N3O/c1-6-2-3-7(9-4-6)8-10-5-12-11-8/h2-5H,1H3. The van der Waals surface area contributed by atoms with Gasteiger partial charge in [0.15, 0.2) is 0 Å². The average molecular weight is 161 g/mol. The molecule has 0 aliphatic carbocycles. The molecule has 0 aliphatic rings. The molecule has 0 saturated heterocycles. The molecule has 4 nitrogen and oxygen atoms in total. The molecule has 60 valence electrons. The molecule has 0 unspecified atom stereocenters. The summed E-state index contributed by atoms with van der Waals surface area (Å²) in [6, 6.07) is 3.82. The molecule has 0 N–H and O–H groups in total. The minimum Gasteiger partial charge on any atom is -0.342 e. The van der Waals surface area contributed by atoms with Gasteiger partial charge in [0.25, 0.3) is 0 Å². The maximum Gasteiger partial charge on any atom is 0.220 e. The highest BCUT2D eigenvalue weighted by molar-refractivity contribution is 5.47. The van der Waals surface area contributed by atoms with E-state index < -0.39 is 0 Å². The molecule has 2 heterocycles. The lowest BCUT2D eigenvalue weighted by molar-refractivity contribution is 0.418. The van der Waals surface area contributed by atoms with Gasteiger partial charge < -0.3 is 4.52 Å². The van der Waals surface area contributed by atoms with Crippen molar-refractivity contribution in [1.82, 2.24) is 15.1 Å². The van der Waals surface area contributed by atoms with E-state index in [-0.39, 0.29) is 0 Å². The summed E-state index contributed by atoms with van der Waals surface area (Å²) in [7, 11) is 0. The molecule has 0 amide bonds. The fraction of sp³-hybridized carbons (Fsp3) is 0.125. The van der Waals surface area contributed by atoms with Gasteiger partial charge in [-0.1, -0.05) is 11.2 Å². The van der Waals surface area contributed by atoms with Crippen LogP contribution in [-0.2, 0) is 0 Å². The van der Waals surface area contributed by atoms with Gasteiger partial charge in [-0.25, -0.2) is 0 Å². The van der Waals surface area contributed by atoms with Crippen LogP contribution in [0.3, 0.4) is 0 Å². The molecular weight excluding hydrogens is 154 g/mol. The lowest BCUT2D eigenvalue weighted by atomic mass is 10.3. The largest absolute Gasteiger partial charge is 0.342 e. The van der Waals surface area contributed by atoms with E-state index in [1.165, 1.54) is 6.39 Å². The van der Waals surface area contributed by atoms with Crippen molar-refractivity contribution in [1.29, 1.82) is 0 Å². The number of rotatable bonds is 1. The molecule has 0 fully saturated rings. The third kappa shape index (κ3) is 1.18. The Morgan fingerprint density at radius 1 is 1.25 bits per heavy atom. The molecule has 2 aromatic rings. The third-order valence-electron chi connectivity index (χ3n) is 1.50. The summed E-state index contributed by atoms with van der Waals surface area (Å²) in [5.41, 5.74) is 1.84. The SMILES string of the molecule is Cc1ccc(-c2ncon2)nc1. The van der Waals surface area contributed by atoms with Gasteiger partial charge in [0, 0.05) is 6.20 Å². The quantitative estimate of drug-likeness (QED) is 0.635. The number of hydrogen-bond donors (Lipinski definition) is 0. The maximum absolute atomic E-state index is 4.60. The number of aromatic nitrogens is 3. The Bertz CT molecular complexity index is 352. The zero-order valence-corrected chi connectivity index (χ0v) is 6.56. The van der Waals surface area contributed by atoms with Crippen molar-refractivity contribution in [3.05, 3.63) is 30.3 Å². The number of hydrogen-bond acceptors (Lipinski definition) is 4. The van der Waals surface area contributed by atoms with Crippen LogP contribution in [0.2, 0.25) is 0 Å². The number of nitrogens with zero attached hydrogens (tertiary/aromatic N) is 3.